The summed E-state index contributed by atoms with van der Waals surface area (Å²) in [5, 5.41) is 9.41. The highest BCUT2D eigenvalue weighted by Gasteiger charge is 2.63. The molecule has 1 aliphatic heterocycles. The lowest BCUT2D eigenvalue weighted by atomic mass is 9.42. The lowest BCUT2D eigenvalue weighted by Gasteiger charge is -2.67. The van der Waals surface area contributed by atoms with Gasteiger partial charge in [-0.05, 0) is 55.3 Å². The van der Waals surface area contributed by atoms with E-state index in [1.54, 1.807) is 0 Å². The third-order valence-electron chi connectivity index (χ3n) is 6.63. The zero-order valence-electron chi connectivity index (χ0n) is 12.8. The van der Waals surface area contributed by atoms with Crippen LogP contribution >= 0.6 is 0 Å². The SMILES string of the molecule is CC12CC3CC(C)(C1)CC(N1CC(CO)CC1=O)(C3)C2. The molecule has 1 heterocycles. The number of hydrogen-bond donors (Lipinski definition) is 1. The summed E-state index contributed by atoms with van der Waals surface area (Å²) in [7, 11) is 0. The molecule has 0 aromatic carbocycles. The van der Waals surface area contributed by atoms with E-state index in [9.17, 15) is 9.90 Å². The number of nitrogens with zero attached hydrogens (tertiary/aromatic N) is 1. The topological polar surface area (TPSA) is 40.5 Å². The number of likely N-dealkylation sites (tertiary alicyclic amines) is 1. The van der Waals surface area contributed by atoms with Crippen molar-refractivity contribution in [3.05, 3.63) is 0 Å². The van der Waals surface area contributed by atoms with Crippen molar-refractivity contribution in [2.45, 2.75) is 64.3 Å². The average molecular weight is 277 g/mol. The van der Waals surface area contributed by atoms with E-state index in [0.717, 1.165) is 12.5 Å². The Morgan fingerprint density at radius 1 is 1.15 bits per heavy atom. The highest BCUT2D eigenvalue weighted by molar-refractivity contribution is 5.79. The molecular weight excluding hydrogens is 250 g/mol. The maximum Gasteiger partial charge on any atom is 0.223 e. The summed E-state index contributed by atoms with van der Waals surface area (Å²) in [6, 6.07) is 0. The molecule has 3 atom stereocenters. The molecule has 112 valence electrons. The van der Waals surface area contributed by atoms with E-state index in [1.807, 2.05) is 0 Å². The van der Waals surface area contributed by atoms with E-state index in [0.29, 0.717) is 23.2 Å². The predicted molar refractivity (Wildman–Crippen MR) is 77.0 cm³/mol. The molecule has 1 N–H and O–H groups in total. The van der Waals surface area contributed by atoms with E-state index in [2.05, 4.69) is 18.7 Å². The smallest absolute Gasteiger partial charge is 0.223 e. The summed E-state index contributed by atoms with van der Waals surface area (Å²) >= 11 is 0. The van der Waals surface area contributed by atoms with Crippen molar-refractivity contribution in [1.82, 2.24) is 4.90 Å². The van der Waals surface area contributed by atoms with Crippen molar-refractivity contribution in [3.8, 4) is 0 Å². The second kappa shape index (κ2) is 3.79. The van der Waals surface area contributed by atoms with Gasteiger partial charge in [0.1, 0.15) is 0 Å². The Morgan fingerprint density at radius 3 is 2.30 bits per heavy atom. The molecule has 4 aliphatic carbocycles. The number of amides is 1. The molecule has 3 unspecified atom stereocenters. The van der Waals surface area contributed by atoms with Crippen molar-refractivity contribution >= 4 is 5.91 Å². The van der Waals surface area contributed by atoms with Gasteiger partial charge in [-0.25, -0.2) is 0 Å². The molecule has 0 aromatic heterocycles. The van der Waals surface area contributed by atoms with Gasteiger partial charge in [-0.2, -0.15) is 0 Å². The Kier molecular flexibility index (Phi) is 2.49. The number of rotatable bonds is 2. The Hall–Kier alpha value is -0.570. The number of hydrogen-bond acceptors (Lipinski definition) is 2. The van der Waals surface area contributed by atoms with Gasteiger partial charge in [-0.1, -0.05) is 13.8 Å². The summed E-state index contributed by atoms with van der Waals surface area (Å²) in [6.45, 7) is 5.87. The molecule has 5 aliphatic rings. The van der Waals surface area contributed by atoms with E-state index < -0.39 is 0 Å². The van der Waals surface area contributed by atoms with Crippen molar-refractivity contribution in [3.63, 3.8) is 0 Å². The van der Waals surface area contributed by atoms with E-state index in [1.165, 1.54) is 38.5 Å². The van der Waals surface area contributed by atoms with Crippen LogP contribution in [0.4, 0.5) is 0 Å². The van der Waals surface area contributed by atoms with Crippen LogP contribution in [0, 0.1) is 22.7 Å². The van der Waals surface area contributed by atoms with Crippen LogP contribution in [0.25, 0.3) is 0 Å². The zero-order chi connectivity index (χ0) is 14.2. The molecule has 0 radical (unpaired) electrons. The van der Waals surface area contributed by atoms with Gasteiger partial charge in [0.15, 0.2) is 0 Å². The minimum Gasteiger partial charge on any atom is -0.396 e. The number of aliphatic hydroxyl groups is 1. The molecule has 3 heteroatoms. The fourth-order valence-electron chi connectivity index (χ4n) is 7.05. The standard InChI is InChI=1S/C17H27NO2/c1-15-4-13-5-16(2,9-15)11-17(6-13,10-15)18-7-12(8-19)3-14(18)20/h12-13,19H,3-11H2,1-2H3. The average Bonchev–Trinajstić information content (AvgIpc) is 2.66. The van der Waals surface area contributed by atoms with Gasteiger partial charge in [0, 0.05) is 31.0 Å². The summed E-state index contributed by atoms with van der Waals surface area (Å²) in [5.41, 5.74) is 1.03. The third kappa shape index (κ3) is 1.71. The fourth-order valence-corrected chi connectivity index (χ4v) is 7.05. The fraction of sp³-hybridized carbons (Fsp3) is 0.941. The Balaban J connectivity index is 1.69. The summed E-state index contributed by atoms with van der Waals surface area (Å²) in [5.74, 6) is 1.30. The van der Waals surface area contributed by atoms with Crippen LogP contribution in [0.1, 0.15) is 58.8 Å². The van der Waals surface area contributed by atoms with Crippen LogP contribution in [0.15, 0.2) is 0 Å². The lowest BCUT2D eigenvalue weighted by Crippen LogP contribution is -2.65. The van der Waals surface area contributed by atoms with E-state index in [-0.39, 0.29) is 18.1 Å². The Labute approximate surface area is 121 Å². The van der Waals surface area contributed by atoms with Crippen LogP contribution in [-0.2, 0) is 4.79 Å². The van der Waals surface area contributed by atoms with Gasteiger partial charge in [0.25, 0.3) is 0 Å². The van der Waals surface area contributed by atoms with Gasteiger partial charge < -0.3 is 10.0 Å². The molecule has 5 rings (SSSR count). The van der Waals surface area contributed by atoms with E-state index in [4.69, 9.17) is 0 Å². The maximum atomic E-state index is 12.5. The first kappa shape index (κ1) is 13.1. The second-order valence-electron chi connectivity index (χ2n) is 9.11. The molecule has 5 fully saturated rings. The van der Waals surface area contributed by atoms with Crippen LogP contribution in [-0.4, -0.2) is 34.6 Å². The Bertz CT molecular complexity index is 442. The molecule has 3 nitrogen and oxygen atoms in total. The lowest BCUT2D eigenvalue weighted by molar-refractivity contribution is -0.170. The summed E-state index contributed by atoms with van der Waals surface area (Å²) in [6.07, 6.45) is 8.29. The molecule has 0 aromatic rings. The monoisotopic (exact) mass is 277 g/mol. The highest BCUT2D eigenvalue weighted by atomic mass is 16.3. The number of carbonyl (C=O) groups excluding carboxylic acids is 1. The molecule has 20 heavy (non-hydrogen) atoms. The van der Waals surface area contributed by atoms with Gasteiger partial charge in [0.05, 0.1) is 0 Å². The minimum absolute atomic E-state index is 0.129. The zero-order valence-corrected chi connectivity index (χ0v) is 12.8. The van der Waals surface area contributed by atoms with Crippen molar-refractivity contribution < 1.29 is 9.90 Å². The second-order valence-corrected chi connectivity index (χ2v) is 9.11. The molecular formula is C17H27NO2. The van der Waals surface area contributed by atoms with Crippen LogP contribution in [0.5, 0.6) is 0 Å². The third-order valence-corrected chi connectivity index (χ3v) is 6.63. The van der Waals surface area contributed by atoms with Crippen molar-refractivity contribution in [2.24, 2.45) is 22.7 Å². The summed E-state index contributed by atoms with van der Waals surface area (Å²) < 4.78 is 0. The van der Waals surface area contributed by atoms with Gasteiger partial charge in [-0.3, -0.25) is 4.79 Å². The first-order valence-electron chi connectivity index (χ1n) is 8.27. The molecule has 1 amide bonds. The van der Waals surface area contributed by atoms with Crippen molar-refractivity contribution in [2.75, 3.05) is 13.2 Å². The minimum atomic E-state index is 0.129. The highest BCUT2D eigenvalue weighted by Crippen LogP contribution is 2.68. The first-order chi connectivity index (χ1) is 9.35. The quantitative estimate of drug-likeness (QED) is 0.843. The van der Waals surface area contributed by atoms with Crippen molar-refractivity contribution in [1.29, 1.82) is 0 Å². The molecule has 1 saturated heterocycles. The molecule has 4 bridgehead atoms. The van der Waals surface area contributed by atoms with E-state index >= 15 is 0 Å². The van der Waals surface area contributed by atoms with Crippen LogP contribution in [0.2, 0.25) is 0 Å². The summed E-state index contributed by atoms with van der Waals surface area (Å²) in [4.78, 5) is 14.7. The Morgan fingerprint density at radius 2 is 1.80 bits per heavy atom. The molecule has 4 saturated carbocycles. The number of carbonyl (C=O) groups is 1. The largest absolute Gasteiger partial charge is 0.396 e. The first-order valence-corrected chi connectivity index (χ1v) is 8.27. The van der Waals surface area contributed by atoms with Gasteiger partial charge in [0.2, 0.25) is 5.91 Å². The van der Waals surface area contributed by atoms with Gasteiger partial charge in [-0.15, -0.1) is 0 Å². The van der Waals surface area contributed by atoms with Crippen LogP contribution in [0.3, 0.4) is 0 Å². The van der Waals surface area contributed by atoms with Gasteiger partial charge >= 0.3 is 0 Å². The normalized spacial score (nSPS) is 54.0. The van der Waals surface area contributed by atoms with Crippen LogP contribution < -0.4 is 0 Å². The maximum absolute atomic E-state index is 12.5. The number of aliphatic hydroxyl groups excluding tert-OH is 1. The predicted octanol–water partition coefficient (Wildman–Crippen LogP) is 2.58. The molecule has 0 spiro atoms.